The Morgan fingerprint density at radius 1 is 1.11 bits per heavy atom. The van der Waals surface area contributed by atoms with E-state index in [1.54, 1.807) is 0 Å². The van der Waals surface area contributed by atoms with E-state index in [2.05, 4.69) is 0 Å². The molecule has 1 fully saturated rings. The van der Waals surface area contributed by atoms with Gasteiger partial charge in [0.25, 0.3) is 5.91 Å². The molecule has 27 heavy (non-hydrogen) atoms. The average molecular weight is 392 g/mol. The number of benzene rings is 1. The smallest absolute Gasteiger partial charge is 0.253 e. The first kappa shape index (κ1) is 20.8. The van der Waals surface area contributed by atoms with Gasteiger partial charge in [-0.25, -0.2) is 12.8 Å². The Hall–Kier alpha value is -2.49. The van der Waals surface area contributed by atoms with E-state index in [0.717, 1.165) is 31.4 Å². The van der Waals surface area contributed by atoms with Crippen LogP contribution in [0.15, 0.2) is 23.1 Å². The molecular weight excluding hydrogens is 371 g/mol. The topological polar surface area (TPSA) is 105 Å². The van der Waals surface area contributed by atoms with Crippen LogP contribution < -0.4 is 0 Å². The monoisotopic (exact) mass is 392 g/mol. The van der Waals surface area contributed by atoms with Gasteiger partial charge in [-0.1, -0.05) is 6.42 Å². The van der Waals surface area contributed by atoms with Crippen LogP contribution in [-0.2, 0) is 10.0 Å². The molecule has 0 radical (unpaired) electrons. The van der Waals surface area contributed by atoms with Gasteiger partial charge in [0.1, 0.15) is 10.7 Å². The number of hydrogen-bond acceptors (Lipinski definition) is 5. The summed E-state index contributed by atoms with van der Waals surface area (Å²) < 4.78 is 41.1. The van der Waals surface area contributed by atoms with E-state index in [0.29, 0.717) is 13.1 Å². The summed E-state index contributed by atoms with van der Waals surface area (Å²) in [6, 6.07) is 7.10. The standard InChI is InChI=1S/C18H21FN4O3S/c19-16-7-6-15(18(24)22(10-4-8-20)11-5-9-21)14-17(16)27(25,26)23-12-2-1-3-13-23/h6-7,14H,1-5,10-13H2. The van der Waals surface area contributed by atoms with Gasteiger partial charge in [-0.15, -0.1) is 0 Å². The van der Waals surface area contributed by atoms with E-state index in [1.807, 2.05) is 12.1 Å². The lowest BCUT2D eigenvalue weighted by atomic mass is 10.2. The van der Waals surface area contributed by atoms with Crippen LogP contribution in [-0.4, -0.2) is 49.7 Å². The molecule has 0 spiro atoms. The minimum absolute atomic E-state index is 0.0165. The SMILES string of the molecule is N#CCCN(CCC#N)C(=O)c1ccc(F)c(S(=O)(=O)N2CCCCC2)c1. The Morgan fingerprint density at radius 3 is 2.26 bits per heavy atom. The largest absolute Gasteiger partial charge is 0.337 e. The van der Waals surface area contributed by atoms with Crippen molar-refractivity contribution in [2.24, 2.45) is 0 Å². The van der Waals surface area contributed by atoms with Gasteiger partial charge in [-0.2, -0.15) is 14.8 Å². The predicted molar refractivity (Wildman–Crippen MR) is 95.4 cm³/mol. The van der Waals surface area contributed by atoms with Crippen LogP contribution >= 0.6 is 0 Å². The number of hydrogen-bond donors (Lipinski definition) is 0. The van der Waals surface area contributed by atoms with Crippen molar-refractivity contribution < 1.29 is 17.6 Å². The number of nitrogens with zero attached hydrogens (tertiary/aromatic N) is 4. The highest BCUT2D eigenvalue weighted by molar-refractivity contribution is 7.89. The first-order valence-electron chi connectivity index (χ1n) is 8.74. The van der Waals surface area contributed by atoms with Crippen molar-refractivity contribution in [3.63, 3.8) is 0 Å². The minimum Gasteiger partial charge on any atom is -0.337 e. The zero-order chi connectivity index (χ0) is 19.9. The second kappa shape index (κ2) is 9.45. The normalized spacial score (nSPS) is 14.9. The zero-order valence-corrected chi connectivity index (χ0v) is 15.7. The third kappa shape index (κ3) is 5.03. The number of rotatable bonds is 7. The number of amides is 1. The Morgan fingerprint density at radius 2 is 1.70 bits per heavy atom. The van der Waals surface area contributed by atoms with E-state index in [1.165, 1.54) is 15.3 Å². The minimum atomic E-state index is -4.03. The van der Waals surface area contributed by atoms with Crippen molar-refractivity contribution in [2.45, 2.75) is 37.0 Å². The van der Waals surface area contributed by atoms with Crippen LogP contribution in [0.5, 0.6) is 0 Å². The van der Waals surface area contributed by atoms with Crippen LogP contribution in [0.2, 0.25) is 0 Å². The molecular formula is C18H21FN4O3S. The predicted octanol–water partition coefficient (Wildman–Crippen LogP) is 2.27. The van der Waals surface area contributed by atoms with Crippen LogP contribution in [0.25, 0.3) is 0 Å². The number of nitriles is 2. The van der Waals surface area contributed by atoms with Crippen molar-refractivity contribution in [1.29, 1.82) is 10.5 Å². The van der Waals surface area contributed by atoms with Crippen molar-refractivity contribution in [1.82, 2.24) is 9.21 Å². The number of sulfonamides is 1. The number of carbonyl (C=O) groups is 1. The van der Waals surface area contributed by atoms with Crippen LogP contribution in [0.1, 0.15) is 42.5 Å². The van der Waals surface area contributed by atoms with Gasteiger partial charge < -0.3 is 4.90 Å². The summed E-state index contributed by atoms with van der Waals surface area (Å²) in [5.41, 5.74) is 0.0165. The lowest BCUT2D eigenvalue weighted by Gasteiger charge is -2.26. The third-order valence-corrected chi connectivity index (χ3v) is 6.30. The highest BCUT2D eigenvalue weighted by Crippen LogP contribution is 2.24. The van der Waals surface area contributed by atoms with E-state index in [9.17, 15) is 17.6 Å². The molecule has 1 amide bonds. The summed E-state index contributed by atoms with van der Waals surface area (Å²) in [6.45, 7) is 0.887. The molecule has 1 aliphatic rings. The van der Waals surface area contributed by atoms with Gasteiger partial charge in [0.2, 0.25) is 10.0 Å². The molecule has 7 nitrogen and oxygen atoms in total. The lowest BCUT2D eigenvalue weighted by Crippen LogP contribution is -2.36. The molecule has 0 N–H and O–H groups in total. The molecule has 0 bridgehead atoms. The maximum absolute atomic E-state index is 14.3. The Bertz CT molecular complexity index is 850. The molecule has 1 aliphatic heterocycles. The molecule has 0 saturated carbocycles. The van der Waals surface area contributed by atoms with Gasteiger partial charge in [0, 0.05) is 31.7 Å². The summed E-state index contributed by atoms with van der Waals surface area (Å²) >= 11 is 0. The van der Waals surface area contributed by atoms with Gasteiger partial charge in [0.05, 0.1) is 25.0 Å². The van der Waals surface area contributed by atoms with Crippen LogP contribution in [0, 0.1) is 28.5 Å². The van der Waals surface area contributed by atoms with E-state index >= 15 is 0 Å². The summed E-state index contributed by atoms with van der Waals surface area (Å²) in [4.78, 5) is 13.5. The second-order valence-corrected chi connectivity index (χ2v) is 8.12. The molecule has 0 aromatic heterocycles. The Kier molecular flexibility index (Phi) is 7.28. The van der Waals surface area contributed by atoms with Crippen LogP contribution in [0.3, 0.4) is 0 Å². The van der Waals surface area contributed by atoms with E-state index < -0.39 is 26.6 Å². The number of carbonyl (C=O) groups excluding carboxylic acids is 1. The maximum atomic E-state index is 14.3. The summed E-state index contributed by atoms with van der Waals surface area (Å²) in [6.07, 6.45) is 2.53. The third-order valence-electron chi connectivity index (χ3n) is 4.39. The molecule has 1 aromatic rings. The molecule has 0 unspecified atom stereocenters. The average Bonchev–Trinajstić information content (AvgIpc) is 2.68. The molecule has 0 aliphatic carbocycles. The Labute approximate surface area is 158 Å². The van der Waals surface area contributed by atoms with Gasteiger partial charge in [0.15, 0.2) is 0 Å². The fourth-order valence-corrected chi connectivity index (χ4v) is 4.55. The van der Waals surface area contributed by atoms with Crippen LogP contribution in [0.4, 0.5) is 4.39 Å². The highest BCUT2D eigenvalue weighted by Gasteiger charge is 2.30. The van der Waals surface area contributed by atoms with Gasteiger partial charge in [-0.05, 0) is 31.0 Å². The number of halogens is 1. The number of piperidine rings is 1. The molecule has 9 heteroatoms. The zero-order valence-electron chi connectivity index (χ0n) is 14.9. The summed E-state index contributed by atoms with van der Waals surface area (Å²) in [5.74, 6) is -1.44. The molecule has 0 atom stereocenters. The lowest BCUT2D eigenvalue weighted by molar-refractivity contribution is 0.0762. The fraction of sp³-hybridized carbons (Fsp3) is 0.500. The first-order valence-corrected chi connectivity index (χ1v) is 10.2. The quantitative estimate of drug-likeness (QED) is 0.708. The fourth-order valence-electron chi connectivity index (χ4n) is 2.95. The molecule has 1 saturated heterocycles. The van der Waals surface area contributed by atoms with Crippen molar-refractivity contribution in [3.8, 4) is 12.1 Å². The van der Waals surface area contributed by atoms with Crippen molar-refractivity contribution >= 4 is 15.9 Å². The van der Waals surface area contributed by atoms with E-state index in [4.69, 9.17) is 10.5 Å². The first-order chi connectivity index (χ1) is 12.9. The molecule has 1 heterocycles. The second-order valence-electron chi connectivity index (χ2n) is 6.22. The van der Waals surface area contributed by atoms with Gasteiger partial charge >= 0.3 is 0 Å². The molecule has 144 valence electrons. The highest BCUT2D eigenvalue weighted by atomic mass is 32.2. The summed E-state index contributed by atoms with van der Waals surface area (Å²) in [5, 5.41) is 17.5. The molecule has 1 aromatic carbocycles. The van der Waals surface area contributed by atoms with Gasteiger partial charge in [-0.3, -0.25) is 4.79 Å². The summed E-state index contributed by atoms with van der Waals surface area (Å²) in [7, 11) is -4.03. The molecule has 2 rings (SSSR count). The van der Waals surface area contributed by atoms with E-state index in [-0.39, 0.29) is 31.5 Å². The van der Waals surface area contributed by atoms with Crippen molar-refractivity contribution in [2.75, 3.05) is 26.2 Å². The Balaban J connectivity index is 2.33. The maximum Gasteiger partial charge on any atom is 0.253 e. The van der Waals surface area contributed by atoms with Crippen molar-refractivity contribution in [3.05, 3.63) is 29.6 Å².